The largest absolute Gasteiger partial charge is 0.391 e. The molecule has 58 heavy (non-hydrogen) atoms. The van der Waals surface area contributed by atoms with Crippen LogP contribution in [0.1, 0.15) is 64.5 Å². The van der Waals surface area contributed by atoms with Crippen molar-refractivity contribution in [2.24, 2.45) is 0 Å². The predicted molar refractivity (Wildman–Crippen MR) is 217 cm³/mol. The van der Waals surface area contributed by atoms with E-state index in [1.54, 1.807) is 50.7 Å². The molecule has 0 saturated carbocycles. The Bertz CT molecular complexity index is 2160. The zero-order chi connectivity index (χ0) is 42.0. The number of amides is 4. The number of aliphatic hydroxyl groups is 2. The van der Waals surface area contributed by atoms with Crippen LogP contribution in [0.5, 0.6) is 0 Å². The van der Waals surface area contributed by atoms with Crippen LogP contribution < -0.4 is 21.3 Å². The molecule has 0 unspecified atom stereocenters. The third kappa shape index (κ3) is 8.89. The Labute approximate surface area is 336 Å². The van der Waals surface area contributed by atoms with Gasteiger partial charge < -0.3 is 51.2 Å². The summed E-state index contributed by atoms with van der Waals surface area (Å²) < 4.78 is 30.0. The monoisotopic (exact) mass is 806 g/mol. The van der Waals surface area contributed by atoms with Crippen molar-refractivity contribution in [2.75, 3.05) is 27.2 Å². The number of H-pyrrole nitrogens is 2. The molecule has 2 saturated heterocycles. The average molecular weight is 807 g/mol. The van der Waals surface area contributed by atoms with Gasteiger partial charge in [0.1, 0.15) is 23.7 Å². The number of aliphatic hydroxyl groups excluding tert-OH is 2. The molecule has 0 spiro atoms. The Morgan fingerprint density at radius 1 is 0.741 bits per heavy atom. The standard InChI is InChI=1S/C42H56F2N8O6/c1-7-33(49-39(55)21(3)45-5)41(57)51-19-28(53)15-26(51)12-23-11-25(44)14-36-31(23)18-37(47-36)38-32(30-10-9-24(43)13-35(30)48-38)17-27-16-29(54)20-52(27)42(58)34(8-2)50-40(56)22(4)46-6/h9-11,13-14,18,21-22,26-29,33-34,45-48,53-54H,7-8,12,15-17,19-20H2,1-6H3,(H,49,55)(H,50,56)/t21-,22-,26+,27-,28-,29-,33-,34-/m0/s1. The minimum atomic E-state index is -0.798. The number of benzene rings is 2. The number of carbonyl (C=O) groups excluding carboxylic acids is 4. The smallest absolute Gasteiger partial charge is 0.245 e. The number of aromatic nitrogens is 2. The lowest BCUT2D eigenvalue weighted by Gasteiger charge is -2.29. The van der Waals surface area contributed by atoms with Crippen molar-refractivity contribution in [3.05, 3.63) is 59.2 Å². The van der Waals surface area contributed by atoms with Crippen molar-refractivity contribution in [2.45, 2.75) is 115 Å². The molecule has 2 aliphatic rings. The highest BCUT2D eigenvalue weighted by atomic mass is 19.1. The molecule has 4 aromatic rings. The summed E-state index contributed by atoms with van der Waals surface area (Å²) in [7, 11) is 3.31. The number of nitrogens with zero attached hydrogens (tertiary/aromatic N) is 2. The summed E-state index contributed by atoms with van der Waals surface area (Å²) in [5.74, 6) is -2.20. The third-order valence-corrected chi connectivity index (χ3v) is 11.9. The Morgan fingerprint density at radius 2 is 1.26 bits per heavy atom. The molecule has 8 N–H and O–H groups in total. The molecule has 4 heterocycles. The number of fused-ring (bicyclic) bond motifs is 2. The van der Waals surface area contributed by atoms with Crippen LogP contribution >= 0.6 is 0 Å². The van der Waals surface area contributed by atoms with Gasteiger partial charge in [-0.25, -0.2) is 8.78 Å². The van der Waals surface area contributed by atoms with E-state index in [9.17, 15) is 33.8 Å². The maximum atomic E-state index is 15.4. The summed E-state index contributed by atoms with van der Waals surface area (Å²) in [6.45, 7) is 7.18. The van der Waals surface area contributed by atoms with Gasteiger partial charge in [0.05, 0.1) is 35.7 Å². The second kappa shape index (κ2) is 17.9. The van der Waals surface area contributed by atoms with Crippen LogP contribution in [0.2, 0.25) is 0 Å². The second-order valence-electron chi connectivity index (χ2n) is 15.8. The lowest BCUT2D eigenvalue weighted by Crippen LogP contribution is -2.53. The molecule has 14 nitrogen and oxygen atoms in total. The maximum Gasteiger partial charge on any atom is 0.245 e. The van der Waals surface area contributed by atoms with Crippen molar-refractivity contribution in [1.29, 1.82) is 0 Å². The first-order valence-corrected chi connectivity index (χ1v) is 20.2. The van der Waals surface area contributed by atoms with Crippen LogP contribution in [-0.4, -0.2) is 129 Å². The molecule has 2 aromatic carbocycles. The Morgan fingerprint density at radius 3 is 1.79 bits per heavy atom. The van der Waals surface area contributed by atoms with Gasteiger partial charge in [-0.1, -0.05) is 13.8 Å². The van der Waals surface area contributed by atoms with Gasteiger partial charge in [-0.3, -0.25) is 19.2 Å². The summed E-state index contributed by atoms with van der Waals surface area (Å²) in [5.41, 5.74) is 3.55. The maximum absolute atomic E-state index is 15.4. The fourth-order valence-corrected chi connectivity index (χ4v) is 8.38. The second-order valence-corrected chi connectivity index (χ2v) is 15.8. The highest BCUT2D eigenvalue weighted by Gasteiger charge is 2.40. The van der Waals surface area contributed by atoms with Crippen LogP contribution in [0, 0.1) is 11.6 Å². The molecule has 4 amide bonds. The van der Waals surface area contributed by atoms with Gasteiger partial charge >= 0.3 is 0 Å². The number of rotatable bonds is 15. The molecule has 0 radical (unpaired) electrons. The number of likely N-dealkylation sites (tertiary alicyclic amines) is 2. The fraction of sp³-hybridized carbons (Fsp3) is 0.524. The number of nitrogens with one attached hydrogen (secondary N) is 6. The number of halogens is 2. The van der Waals surface area contributed by atoms with Crippen LogP contribution in [0.3, 0.4) is 0 Å². The summed E-state index contributed by atoms with van der Waals surface area (Å²) in [6.07, 6.45) is 0.202. The highest BCUT2D eigenvalue weighted by molar-refractivity contribution is 5.95. The summed E-state index contributed by atoms with van der Waals surface area (Å²) in [5, 5.41) is 34.4. The van der Waals surface area contributed by atoms with Crippen molar-refractivity contribution < 1.29 is 38.2 Å². The van der Waals surface area contributed by atoms with Crippen LogP contribution in [-0.2, 0) is 32.0 Å². The first-order chi connectivity index (χ1) is 27.6. The molecule has 314 valence electrons. The lowest BCUT2D eigenvalue weighted by atomic mass is 9.97. The molecule has 0 aliphatic carbocycles. The quantitative estimate of drug-likeness (QED) is 0.0899. The van der Waals surface area contributed by atoms with E-state index < -0.39 is 60.1 Å². The average Bonchev–Trinajstić information content (AvgIpc) is 3.98. The number of carbonyl (C=O) groups is 4. The van der Waals surface area contributed by atoms with Crippen molar-refractivity contribution in [3.8, 4) is 11.4 Å². The lowest BCUT2D eigenvalue weighted by molar-refractivity contribution is -0.138. The topological polar surface area (TPSA) is 195 Å². The molecule has 6 rings (SSSR count). The first kappa shape index (κ1) is 42.7. The Kier molecular flexibility index (Phi) is 13.2. The zero-order valence-electron chi connectivity index (χ0n) is 33.9. The number of hydrogen-bond acceptors (Lipinski definition) is 8. The normalized spacial score (nSPS) is 21.7. The van der Waals surface area contributed by atoms with E-state index in [4.69, 9.17) is 0 Å². The van der Waals surface area contributed by atoms with E-state index in [1.807, 2.05) is 13.0 Å². The van der Waals surface area contributed by atoms with Gasteiger partial charge in [-0.2, -0.15) is 0 Å². The van der Waals surface area contributed by atoms with Crippen molar-refractivity contribution >= 4 is 45.4 Å². The van der Waals surface area contributed by atoms with Gasteiger partial charge in [0, 0.05) is 47.0 Å². The summed E-state index contributed by atoms with van der Waals surface area (Å²) in [4.78, 5) is 63.0. The minimum absolute atomic E-state index is 0.0824. The molecule has 2 aliphatic heterocycles. The van der Waals surface area contributed by atoms with E-state index in [-0.39, 0.29) is 62.4 Å². The molecule has 2 aromatic heterocycles. The summed E-state index contributed by atoms with van der Waals surface area (Å²) in [6, 6.07) is 5.56. The summed E-state index contributed by atoms with van der Waals surface area (Å²) >= 11 is 0. The minimum Gasteiger partial charge on any atom is -0.391 e. The van der Waals surface area contributed by atoms with Crippen LogP contribution in [0.4, 0.5) is 8.78 Å². The van der Waals surface area contributed by atoms with E-state index in [0.29, 0.717) is 51.6 Å². The van der Waals surface area contributed by atoms with Crippen molar-refractivity contribution in [3.63, 3.8) is 0 Å². The number of β-amino-alcohol motifs (C(OH)–C–C–N with tert-alkyl or cyclic N) is 2. The third-order valence-electron chi connectivity index (χ3n) is 11.9. The van der Waals surface area contributed by atoms with Crippen molar-refractivity contribution in [1.82, 2.24) is 41.0 Å². The van der Waals surface area contributed by atoms with Crippen LogP contribution in [0.25, 0.3) is 33.2 Å². The van der Waals surface area contributed by atoms with E-state index in [1.165, 1.54) is 24.3 Å². The SMILES string of the molecule is CC[C@H](NC(=O)[C@H](C)NC)C(=O)N1C[C@@H](O)C[C@H]1Cc1cc(F)cc2[nH]c(-c3[nH]c4cc(F)ccc4c3C[C@@H]3C[C@H](O)CN3C(=O)[C@H](CC)NC(=O)[C@H](C)NC)cc12. The first-order valence-electron chi connectivity index (χ1n) is 20.2. The molecule has 2 fully saturated rings. The molecule has 0 bridgehead atoms. The van der Waals surface area contributed by atoms with Gasteiger partial charge in [-0.05, 0) is 114 Å². The predicted octanol–water partition coefficient (Wildman–Crippen LogP) is 2.61. The van der Waals surface area contributed by atoms with E-state index in [2.05, 4.69) is 31.2 Å². The molecule has 16 heteroatoms. The van der Waals surface area contributed by atoms with Gasteiger partial charge in [0.15, 0.2) is 0 Å². The van der Waals surface area contributed by atoms with Crippen LogP contribution in [0.15, 0.2) is 36.4 Å². The Balaban J connectivity index is 1.32. The van der Waals surface area contributed by atoms with Gasteiger partial charge in [-0.15, -0.1) is 0 Å². The molecular weight excluding hydrogens is 751 g/mol. The fourth-order valence-electron chi connectivity index (χ4n) is 8.38. The van der Waals surface area contributed by atoms with E-state index in [0.717, 1.165) is 5.56 Å². The number of hydrogen-bond donors (Lipinski definition) is 8. The Hall–Kier alpha value is -4.90. The number of aromatic amines is 2. The van der Waals surface area contributed by atoms with Gasteiger partial charge in [0.25, 0.3) is 0 Å². The zero-order valence-corrected chi connectivity index (χ0v) is 33.9. The van der Waals surface area contributed by atoms with E-state index >= 15 is 4.39 Å². The highest BCUT2D eigenvalue weighted by Crippen LogP contribution is 2.37. The molecular formula is C42H56F2N8O6. The molecule has 8 atom stereocenters. The number of likely N-dealkylation sites (N-methyl/N-ethyl adjacent to an activating group) is 2. The van der Waals surface area contributed by atoms with Gasteiger partial charge in [0.2, 0.25) is 23.6 Å².